The SMILES string of the molecule is CC12CCC(C1)C(C)(C)C2N1C(c2ccccc2)C1c1ccccc1. The molecule has 2 bridgehead atoms. The highest BCUT2D eigenvalue weighted by Crippen LogP contribution is 2.70. The largest absolute Gasteiger partial charge is 0.281 e. The van der Waals surface area contributed by atoms with E-state index in [-0.39, 0.29) is 0 Å². The molecule has 2 saturated carbocycles. The van der Waals surface area contributed by atoms with Crippen molar-refractivity contribution in [3.63, 3.8) is 0 Å². The average molecular weight is 332 g/mol. The van der Waals surface area contributed by atoms with Gasteiger partial charge in [-0.1, -0.05) is 81.4 Å². The van der Waals surface area contributed by atoms with E-state index in [0.717, 1.165) is 5.92 Å². The second-order valence-electron chi connectivity index (χ2n) is 9.48. The topological polar surface area (TPSA) is 3.01 Å². The second kappa shape index (κ2) is 5.20. The molecule has 2 aromatic rings. The smallest absolute Gasteiger partial charge is 0.0555 e. The van der Waals surface area contributed by atoms with Crippen molar-refractivity contribution in [3.05, 3.63) is 71.8 Å². The fraction of sp³-hybridized carbons (Fsp3) is 0.500. The van der Waals surface area contributed by atoms with Crippen LogP contribution in [-0.2, 0) is 0 Å². The third-order valence-corrected chi connectivity index (χ3v) is 7.63. The van der Waals surface area contributed by atoms with Crippen molar-refractivity contribution >= 4 is 0 Å². The van der Waals surface area contributed by atoms with E-state index in [9.17, 15) is 0 Å². The Labute approximate surface area is 152 Å². The van der Waals surface area contributed by atoms with Gasteiger partial charge in [-0.25, -0.2) is 0 Å². The molecule has 5 unspecified atom stereocenters. The molecule has 3 fully saturated rings. The van der Waals surface area contributed by atoms with Crippen LogP contribution in [0.3, 0.4) is 0 Å². The molecule has 5 rings (SSSR count). The number of rotatable bonds is 3. The molecular weight excluding hydrogens is 302 g/mol. The van der Waals surface area contributed by atoms with E-state index in [2.05, 4.69) is 86.3 Å². The molecule has 25 heavy (non-hydrogen) atoms. The van der Waals surface area contributed by atoms with Crippen molar-refractivity contribution in [2.75, 3.05) is 0 Å². The predicted octanol–water partition coefficient (Wildman–Crippen LogP) is 6.00. The van der Waals surface area contributed by atoms with Crippen molar-refractivity contribution in [2.24, 2.45) is 16.7 Å². The van der Waals surface area contributed by atoms with Gasteiger partial charge < -0.3 is 0 Å². The van der Waals surface area contributed by atoms with Crippen LogP contribution in [0.2, 0.25) is 0 Å². The molecule has 5 atom stereocenters. The summed E-state index contributed by atoms with van der Waals surface area (Å²) in [7, 11) is 0. The zero-order valence-electron chi connectivity index (χ0n) is 15.7. The van der Waals surface area contributed by atoms with Gasteiger partial charge in [-0.15, -0.1) is 0 Å². The Kier molecular flexibility index (Phi) is 3.26. The Bertz CT molecular complexity index is 715. The van der Waals surface area contributed by atoms with Crippen molar-refractivity contribution < 1.29 is 0 Å². The van der Waals surface area contributed by atoms with Crippen molar-refractivity contribution in [1.29, 1.82) is 0 Å². The maximum Gasteiger partial charge on any atom is 0.0555 e. The van der Waals surface area contributed by atoms with Crippen LogP contribution >= 0.6 is 0 Å². The summed E-state index contributed by atoms with van der Waals surface area (Å²) in [6.07, 6.45) is 4.26. The molecule has 0 amide bonds. The van der Waals surface area contributed by atoms with Crippen LogP contribution in [0, 0.1) is 16.7 Å². The summed E-state index contributed by atoms with van der Waals surface area (Å²) in [5.74, 6) is 0.899. The lowest BCUT2D eigenvalue weighted by Crippen LogP contribution is -2.46. The summed E-state index contributed by atoms with van der Waals surface area (Å²) in [5, 5.41) is 0. The standard InChI is InChI=1S/C24H29N/c1-23(2)19-14-15-24(3,16-19)22(23)25-20(17-10-6-4-7-11-17)21(25)18-12-8-5-9-13-18/h4-13,19-22H,14-16H2,1-3H3. The quantitative estimate of drug-likeness (QED) is 0.623. The van der Waals surface area contributed by atoms with E-state index in [4.69, 9.17) is 0 Å². The first-order chi connectivity index (χ1) is 12.0. The van der Waals surface area contributed by atoms with Gasteiger partial charge >= 0.3 is 0 Å². The monoisotopic (exact) mass is 331 g/mol. The van der Waals surface area contributed by atoms with Crippen LogP contribution in [-0.4, -0.2) is 10.9 Å². The summed E-state index contributed by atoms with van der Waals surface area (Å²) in [4.78, 5) is 2.86. The van der Waals surface area contributed by atoms with E-state index in [0.29, 0.717) is 29.0 Å². The molecule has 3 aliphatic rings. The van der Waals surface area contributed by atoms with E-state index >= 15 is 0 Å². The minimum absolute atomic E-state index is 0.420. The molecule has 1 nitrogen and oxygen atoms in total. The molecule has 1 aliphatic heterocycles. The Hall–Kier alpha value is -1.60. The average Bonchev–Trinajstić information content (AvgIpc) is 3.13. The first-order valence-electron chi connectivity index (χ1n) is 9.90. The lowest BCUT2D eigenvalue weighted by atomic mass is 9.68. The number of benzene rings is 2. The fourth-order valence-corrected chi connectivity index (χ4v) is 6.60. The molecule has 2 aliphatic carbocycles. The van der Waals surface area contributed by atoms with Crippen LogP contribution < -0.4 is 0 Å². The number of nitrogens with zero attached hydrogens (tertiary/aromatic N) is 1. The fourth-order valence-electron chi connectivity index (χ4n) is 6.60. The molecule has 2 aromatic carbocycles. The van der Waals surface area contributed by atoms with Gasteiger partial charge in [-0.2, -0.15) is 0 Å². The van der Waals surface area contributed by atoms with Crippen LogP contribution in [0.25, 0.3) is 0 Å². The van der Waals surface area contributed by atoms with Crippen molar-refractivity contribution in [1.82, 2.24) is 4.90 Å². The van der Waals surface area contributed by atoms with E-state index in [1.807, 2.05) is 0 Å². The molecule has 0 spiro atoms. The van der Waals surface area contributed by atoms with E-state index in [1.165, 1.54) is 30.4 Å². The Balaban J connectivity index is 1.57. The summed E-state index contributed by atoms with van der Waals surface area (Å²) < 4.78 is 0. The lowest BCUT2D eigenvalue weighted by Gasteiger charge is -2.44. The Morgan fingerprint density at radius 2 is 1.32 bits per heavy atom. The second-order valence-corrected chi connectivity index (χ2v) is 9.48. The lowest BCUT2D eigenvalue weighted by molar-refractivity contribution is 0.0541. The third kappa shape index (κ3) is 2.18. The van der Waals surface area contributed by atoms with E-state index < -0.39 is 0 Å². The maximum atomic E-state index is 2.86. The number of fused-ring (bicyclic) bond motifs is 2. The van der Waals surface area contributed by atoms with Crippen LogP contribution in [0.1, 0.15) is 63.2 Å². The van der Waals surface area contributed by atoms with Crippen molar-refractivity contribution in [2.45, 2.75) is 58.2 Å². The highest BCUT2D eigenvalue weighted by molar-refractivity contribution is 5.37. The summed E-state index contributed by atoms with van der Waals surface area (Å²) in [6.45, 7) is 7.64. The Morgan fingerprint density at radius 3 is 1.76 bits per heavy atom. The first kappa shape index (κ1) is 15.6. The zero-order chi connectivity index (χ0) is 17.2. The number of hydrogen-bond donors (Lipinski definition) is 0. The third-order valence-electron chi connectivity index (χ3n) is 7.63. The predicted molar refractivity (Wildman–Crippen MR) is 103 cm³/mol. The molecule has 0 radical (unpaired) electrons. The van der Waals surface area contributed by atoms with Gasteiger partial charge in [0.05, 0.1) is 12.1 Å². The number of hydrogen-bond acceptors (Lipinski definition) is 1. The molecule has 1 heterocycles. The minimum atomic E-state index is 0.420. The summed E-state index contributed by atoms with van der Waals surface area (Å²) in [6, 6.07) is 24.1. The highest BCUT2D eigenvalue weighted by Gasteiger charge is 2.67. The van der Waals surface area contributed by atoms with Gasteiger partial charge in [-0.3, -0.25) is 4.90 Å². The van der Waals surface area contributed by atoms with Gasteiger partial charge in [0.1, 0.15) is 0 Å². The van der Waals surface area contributed by atoms with Gasteiger partial charge in [0, 0.05) is 6.04 Å². The van der Waals surface area contributed by atoms with Crippen LogP contribution in [0.5, 0.6) is 0 Å². The molecule has 1 saturated heterocycles. The van der Waals surface area contributed by atoms with Gasteiger partial charge in [0.25, 0.3) is 0 Å². The maximum absolute atomic E-state index is 2.86. The summed E-state index contributed by atoms with van der Waals surface area (Å²) in [5.41, 5.74) is 3.88. The zero-order valence-corrected chi connectivity index (χ0v) is 15.7. The van der Waals surface area contributed by atoms with Gasteiger partial charge in [-0.05, 0) is 47.1 Å². The molecule has 0 aromatic heterocycles. The van der Waals surface area contributed by atoms with Gasteiger partial charge in [0.15, 0.2) is 0 Å². The summed E-state index contributed by atoms with van der Waals surface area (Å²) >= 11 is 0. The molecule has 130 valence electrons. The van der Waals surface area contributed by atoms with Crippen LogP contribution in [0.15, 0.2) is 60.7 Å². The van der Waals surface area contributed by atoms with Gasteiger partial charge in [0.2, 0.25) is 0 Å². The van der Waals surface area contributed by atoms with E-state index in [1.54, 1.807) is 0 Å². The first-order valence-corrected chi connectivity index (χ1v) is 9.90. The molecule has 1 heteroatoms. The molecular formula is C24H29N. The van der Waals surface area contributed by atoms with Crippen LogP contribution in [0.4, 0.5) is 0 Å². The highest BCUT2D eigenvalue weighted by atomic mass is 15.4. The normalized spacial score (nSPS) is 41.0. The minimum Gasteiger partial charge on any atom is -0.281 e. The Morgan fingerprint density at radius 1 is 0.800 bits per heavy atom. The molecule has 0 N–H and O–H groups in total. The van der Waals surface area contributed by atoms with Crippen molar-refractivity contribution in [3.8, 4) is 0 Å².